The van der Waals surface area contributed by atoms with E-state index in [0.717, 1.165) is 0 Å². The third-order valence-corrected chi connectivity index (χ3v) is 7.18. The van der Waals surface area contributed by atoms with Crippen molar-refractivity contribution in [3.8, 4) is 5.75 Å². The first-order chi connectivity index (χ1) is 16.2. The van der Waals surface area contributed by atoms with Gasteiger partial charge in [-0.2, -0.15) is 0 Å². The topological polar surface area (TPSA) is 86.3 Å². The Morgan fingerprint density at radius 2 is 1.69 bits per heavy atom. The van der Waals surface area contributed by atoms with Gasteiger partial charge in [0.2, 0.25) is 0 Å². The second-order valence-corrected chi connectivity index (χ2v) is 11.5. The summed E-state index contributed by atoms with van der Waals surface area (Å²) in [5.74, 6) is 0.446. The van der Waals surface area contributed by atoms with Gasteiger partial charge in [-0.1, -0.05) is 41.9 Å². The largest absolute Gasteiger partial charge is 0.496 e. The normalized spacial score (nSPS) is 24.6. The Kier molecular flexibility index (Phi) is 6.42. The zero-order valence-electron chi connectivity index (χ0n) is 21.3. The second kappa shape index (κ2) is 8.70. The maximum atomic E-state index is 12.5. The summed E-state index contributed by atoms with van der Waals surface area (Å²) in [6.07, 6.45) is -1.79. The van der Waals surface area contributed by atoms with Gasteiger partial charge in [-0.15, -0.1) is 0 Å². The van der Waals surface area contributed by atoms with Crippen molar-refractivity contribution in [1.82, 2.24) is 5.32 Å². The molecule has 188 valence electrons. The minimum absolute atomic E-state index is 0.0395. The lowest BCUT2D eigenvalue weighted by molar-refractivity contribution is -0.0335. The molecule has 2 aromatic rings. The zero-order valence-corrected chi connectivity index (χ0v) is 22.0. The summed E-state index contributed by atoms with van der Waals surface area (Å²) in [4.78, 5) is 12.5. The van der Waals surface area contributed by atoms with E-state index in [1.54, 1.807) is 32.9 Å². The third-order valence-electron chi connectivity index (χ3n) is 6.85. The molecular formula is C26H33BClNO6. The van der Waals surface area contributed by atoms with Gasteiger partial charge in [0, 0.05) is 21.6 Å². The number of hydrogen-bond acceptors (Lipinski definition) is 6. The van der Waals surface area contributed by atoms with Crippen molar-refractivity contribution < 1.29 is 28.7 Å². The van der Waals surface area contributed by atoms with Gasteiger partial charge in [0.1, 0.15) is 17.5 Å². The van der Waals surface area contributed by atoms with Crippen molar-refractivity contribution in [2.75, 3.05) is 6.54 Å². The molecule has 35 heavy (non-hydrogen) atoms. The minimum Gasteiger partial charge on any atom is -0.477 e. The molecule has 7 nitrogen and oxygen atoms in total. The molecular weight excluding hydrogens is 469 g/mol. The van der Waals surface area contributed by atoms with Gasteiger partial charge in [0.05, 0.1) is 17.7 Å². The number of aliphatic hydroxyl groups is 1. The van der Waals surface area contributed by atoms with Crippen LogP contribution >= 0.6 is 11.6 Å². The molecule has 2 heterocycles. The highest BCUT2D eigenvalue weighted by atomic mass is 35.5. The van der Waals surface area contributed by atoms with E-state index in [4.69, 9.17) is 30.4 Å². The number of nitrogens with one attached hydrogen (secondary N) is 1. The molecule has 2 atom stereocenters. The lowest BCUT2D eigenvalue weighted by Gasteiger charge is -2.33. The van der Waals surface area contributed by atoms with Crippen molar-refractivity contribution in [1.29, 1.82) is 0 Å². The molecule has 0 radical (unpaired) electrons. The Morgan fingerprint density at radius 1 is 1.09 bits per heavy atom. The number of halogens is 1. The first-order valence-electron chi connectivity index (χ1n) is 11.7. The molecule has 2 aromatic carbocycles. The summed E-state index contributed by atoms with van der Waals surface area (Å²) in [7, 11) is -0.800. The fourth-order valence-corrected chi connectivity index (χ4v) is 4.59. The van der Waals surface area contributed by atoms with E-state index >= 15 is 0 Å². The summed E-state index contributed by atoms with van der Waals surface area (Å²) in [6, 6.07) is 12.7. The van der Waals surface area contributed by atoms with Gasteiger partial charge >= 0.3 is 13.2 Å². The summed E-state index contributed by atoms with van der Waals surface area (Å²) >= 11 is 6.66. The summed E-state index contributed by atoms with van der Waals surface area (Å²) < 4.78 is 24.4. The number of hydrogen-bond donors (Lipinski definition) is 2. The van der Waals surface area contributed by atoms with Crippen LogP contribution < -0.4 is 15.5 Å². The van der Waals surface area contributed by atoms with E-state index in [0.29, 0.717) is 27.4 Å². The fraction of sp³-hybridized carbons (Fsp3) is 0.500. The van der Waals surface area contributed by atoms with Crippen molar-refractivity contribution >= 4 is 30.3 Å². The molecule has 9 heteroatoms. The predicted octanol–water partition coefficient (Wildman–Crippen LogP) is 4.49. The Labute approximate surface area is 212 Å². The van der Waals surface area contributed by atoms with Crippen LogP contribution in [0.25, 0.3) is 0 Å². The molecule has 2 aliphatic heterocycles. The van der Waals surface area contributed by atoms with Gasteiger partial charge in [-0.3, -0.25) is 0 Å². The molecule has 0 unspecified atom stereocenters. The Morgan fingerprint density at radius 3 is 2.26 bits per heavy atom. The second-order valence-electron chi connectivity index (χ2n) is 11.1. The van der Waals surface area contributed by atoms with Crippen LogP contribution in [0.15, 0.2) is 42.5 Å². The molecule has 0 aliphatic carbocycles. The van der Waals surface area contributed by atoms with E-state index < -0.39 is 41.7 Å². The maximum Gasteiger partial charge on any atom is 0.496 e. The van der Waals surface area contributed by atoms with Gasteiger partial charge in [-0.05, 0) is 60.6 Å². The number of rotatable bonds is 4. The van der Waals surface area contributed by atoms with Gasteiger partial charge in [-0.25, -0.2) is 4.79 Å². The Hall–Kier alpha value is -2.26. The molecule has 1 saturated heterocycles. The van der Waals surface area contributed by atoms with Gasteiger partial charge < -0.3 is 29.2 Å². The van der Waals surface area contributed by atoms with Crippen molar-refractivity contribution in [2.45, 2.75) is 77.0 Å². The number of alkyl carbamates (subject to hydrolysis) is 1. The van der Waals surface area contributed by atoms with Crippen LogP contribution in [0.4, 0.5) is 4.79 Å². The number of carbonyl (C=O) groups excluding carboxylic acids is 1. The lowest BCUT2D eigenvalue weighted by atomic mass is 9.72. The standard InChI is InChI=1S/C26H33BClNO6/c1-23(2,3)33-22(31)29-15-26(16-11-9-8-10-12-16)21(30)19-18(32-26)14-13-17(28)20(19)27-34-24(4,5)25(6,7)35-27/h8-14,21,30H,15H2,1-7H3,(H,29,31)/t21-,26+/m0/s1. The number of ether oxygens (including phenoxy) is 2. The molecule has 0 saturated carbocycles. The average Bonchev–Trinajstić information content (AvgIpc) is 3.15. The van der Waals surface area contributed by atoms with Gasteiger partial charge in [0.25, 0.3) is 0 Å². The first kappa shape index (κ1) is 25.8. The molecule has 2 aliphatic rings. The van der Waals surface area contributed by atoms with Crippen molar-refractivity contribution in [3.63, 3.8) is 0 Å². The van der Waals surface area contributed by atoms with Gasteiger partial charge in [0.15, 0.2) is 5.60 Å². The zero-order chi connectivity index (χ0) is 25.8. The fourth-order valence-electron chi connectivity index (χ4n) is 4.34. The quantitative estimate of drug-likeness (QED) is 0.601. The van der Waals surface area contributed by atoms with E-state index in [2.05, 4.69) is 5.32 Å². The number of benzene rings is 2. The summed E-state index contributed by atoms with van der Waals surface area (Å²) in [5.41, 5.74) is -1.48. The van der Waals surface area contributed by atoms with Crippen LogP contribution in [0, 0.1) is 0 Å². The predicted molar refractivity (Wildman–Crippen MR) is 135 cm³/mol. The monoisotopic (exact) mass is 501 g/mol. The van der Waals surface area contributed by atoms with Crippen LogP contribution in [-0.2, 0) is 19.6 Å². The van der Waals surface area contributed by atoms with E-state index in [9.17, 15) is 9.90 Å². The van der Waals surface area contributed by atoms with Crippen molar-refractivity contribution in [2.24, 2.45) is 0 Å². The van der Waals surface area contributed by atoms with Crippen LogP contribution in [0.2, 0.25) is 5.02 Å². The van der Waals surface area contributed by atoms with Crippen LogP contribution in [0.5, 0.6) is 5.75 Å². The molecule has 0 bridgehead atoms. The van der Waals surface area contributed by atoms with Crippen molar-refractivity contribution in [3.05, 3.63) is 58.6 Å². The number of fused-ring (bicyclic) bond motifs is 1. The molecule has 0 spiro atoms. The Balaban J connectivity index is 1.75. The lowest BCUT2D eigenvalue weighted by Crippen LogP contribution is -2.48. The first-order valence-corrected chi connectivity index (χ1v) is 12.1. The minimum atomic E-state index is -1.32. The smallest absolute Gasteiger partial charge is 0.477 e. The van der Waals surface area contributed by atoms with E-state index in [1.807, 2.05) is 58.0 Å². The highest BCUT2D eigenvalue weighted by molar-refractivity contribution is 6.66. The number of aliphatic hydroxyl groups excluding tert-OH is 1. The highest BCUT2D eigenvalue weighted by Crippen LogP contribution is 2.50. The molecule has 1 fully saturated rings. The molecule has 4 rings (SSSR count). The van der Waals surface area contributed by atoms with Crippen LogP contribution in [-0.4, -0.2) is 41.7 Å². The average molecular weight is 502 g/mol. The summed E-state index contributed by atoms with van der Waals surface area (Å²) in [6.45, 7) is 13.1. The number of amides is 1. The SMILES string of the molecule is CC(C)(C)OC(=O)NC[C@]1(c2ccccc2)Oc2ccc(Cl)c(B3OC(C)(C)C(C)(C)O3)c2[C@@H]1O. The highest BCUT2D eigenvalue weighted by Gasteiger charge is 2.57. The molecule has 0 aromatic heterocycles. The molecule has 2 N–H and O–H groups in total. The number of carbonyl (C=O) groups is 1. The van der Waals surface area contributed by atoms with E-state index in [-0.39, 0.29) is 6.54 Å². The third kappa shape index (κ3) is 4.65. The van der Waals surface area contributed by atoms with Crippen LogP contribution in [0.3, 0.4) is 0 Å². The Bertz CT molecular complexity index is 1100. The maximum absolute atomic E-state index is 12.5. The van der Waals surface area contributed by atoms with Crippen LogP contribution in [0.1, 0.15) is 65.7 Å². The summed E-state index contributed by atoms with van der Waals surface area (Å²) in [5, 5.41) is 15.0. The molecule has 1 amide bonds. The van der Waals surface area contributed by atoms with E-state index in [1.165, 1.54) is 0 Å².